The molecule has 3 heteroatoms. The van der Waals surface area contributed by atoms with Gasteiger partial charge in [0.2, 0.25) is 0 Å². The minimum absolute atomic E-state index is 0.374. The second-order valence-electron chi connectivity index (χ2n) is 5.44. The number of halogens is 1. The summed E-state index contributed by atoms with van der Waals surface area (Å²) in [6.07, 6.45) is 3.02. The third kappa shape index (κ3) is 3.29. The highest BCUT2D eigenvalue weighted by Crippen LogP contribution is 2.19. The van der Waals surface area contributed by atoms with E-state index < -0.39 is 0 Å². The Morgan fingerprint density at radius 2 is 1.81 bits per heavy atom. The van der Waals surface area contributed by atoms with Crippen molar-refractivity contribution in [3.8, 4) is 0 Å². The number of hydrogen-bond donors (Lipinski definition) is 2. The Balaban J connectivity index is 1.63. The van der Waals surface area contributed by atoms with E-state index in [-0.39, 0.29) is 0 Å². The summed E-state index contributed by atoms with van der Waals surface area (Å²) in [5, 5.41) is 5.71. The molecular formula is C18H19ClN2. The van der Waals surface area contributed by atoms with Crippen LogP contribution < -0.4 is 5.32 Å². The minimum atomic E-state index is 0.374. The number of H-pyrrole nitrogens is 1. The number of rotatable bonds is 5. The Labute approximate surface area is 130 Å². The highest BCUT2D eigenvalue weighted by molar-refractivity contribution is 6.31. The molecule has 21 heavy (non-hydrogen) atoms. The van der Waals surface area contributed by atoms with Gasteiger partial charge in [0.1, 0.15) is 0 Å². The summed E-state index contributed by atoms with van der Waals surface area (Å²) in [7, 11) is 0. The number of para-hydroxylation sites is 1. The monoisotopic (exact) mass is 298 g/mol. The van der Waals surface area contributed by atoms with E-state index in [4.69, 9.17) is 11.6 Å². The largest absolute Gasteiger partial charge is 0.361 e. The Bertz CT molecular complexity index is 733. The molecule has 0 saturated carbocycles. The van der Waals surface area contributed by atoms with Gasteiger partial charge >= 0.3 is 0 Å². The number of hydrogen-bond acceptors (Lipinski definition) is 1. The third-order valence-electron chi connectivity index (χ3n) is 3.80. The van der Waals surface area contributed by atoms with E-state index in [1.165, 1.54) is 22.0 Å². The maximum absolute atomic E-state index is 6.21. The molecule has 3 rings (SSSR count). The fourth-order valence-corrected chi connectivity index (χ4v) is 2.84. The predicted octanol–water partition coefficient (Wildman–Crippen LogP) is 4.54. The standard InChI is InChI=1S/C18H19ClN2/c1-13(10-14-6-2-4-8-17(14)19)20-11-15-12-21-18-9-5-3-7-16(15)18/h2-9,12-13,20-21H,10-11H2,1H3. The summed E-state index contributed by atoms with van der Waals surface area (Å²) in [4.78, 5) is 3.31. The zero-order valence-corrected chi connectivity index (χ0v) is 12.8. The molecule has 2 N–H and O–H groups in total. The van der Waals surface area contributed by atoms with Crippen molar-refractivity contribution < 1.29 is 0 Å². The van der Waals surface area contributed by atoms with E-state index in [0.29, 0.717) is 6.04 Å². The molecule has 0 bridgehead atoms. The summed E-state index contributed by atoms with van der Waals surface area (Å²) in [5.74, 6) is 0. The van der Waals surface area contributed by atoms with Crippen LogP contribution in [0.5, 0.6) is 0 Å². The normalized spacial score (nSPS) is 12.7. The van der Waals surface area contributed by atoms with Gasteiger partial charge in [-0.05, 0) is 36.6 Å². The molecule has 0 aliphatic heterocycles. The van der Waals surface area contributed by atoms with E-state index in [1.54, 1.807) is 0 Å². The molecule has 0 fully saturated rings. The zero-order chi connectivity index (χ0) is 14.7. The van der Waals surface area contributed by atoms with Gasteiger partial charge in [-0.2, -0.15) is 0 Å². The van der Waals surface area contributed by atoms with E-state index in [2.05, 4.69) is 53.8 Å². The quantitative estimate of drug-likeness (QED) is 0.711. The van der Waals surface area contributed by atoms with Gasteiger partial charge < -0.3 is 10.3 Å². The first-order valence-electron chi connectivity index (χ1n) is 7.26. The highest BCUT2D eigenvalue weighted by atomic mass is 35.5. The molecule has 2 nitrogen and oxygen atoms in total. The molecule has 0 aliphatic rings. The molecule has 3 aromatic rings. The Kier molecular flexibility index (Phi) is 4.28. The molecule has 0 amide bonds. The van der Waals surface area contributed by atoms with Gasteiger partial charge in [-0.3, -0.25) is 0 Å². The van der Waals surface area contributed by atoms with Crippen molar-refractivity contribution in [2.45, 2.75) is 25.9 Å². The van der Waals surface area contributed by atoms with E-state index >= 15 is 0 Å². The fraction of sp³-hybridized carbons (Fsp3) is 0.222. The molecule has 1 atom stereocenters. The van der Waals surface area contributed by atoms with Gasteiger partial charge in [0.15, 0.2) is 0 Å². The Hall–Kier alpha value is -1.77. The van der Waals surface area contributed by atoms with Crippen LogP contribution in [0.3, 0.4) is 0 Å². The smallest absolute Gasteiger partial charge is 0.0457 e. The number of aromatic amines is 1. The van der Waals surface area contributed by atoms with Crippen molar-refractivity contribution in [2.75, 3.05) is 0 Å². The molecule has 0 spiro atoms. The lowest BCUT2D eigenvalue weighted by Crippen LogP contribution is -2.27. The highest BCUT2D eigenvalue weighted by Gasteiger charge is 2.08. The lowest BCUT2D eigenvalue weighted by atomic mass is 10.1. The van der Waals surface area contributed by atoms with Crippen LogP contribution >= 0.6 is 11.6 Å². The fourth-order valence-electron chi connectivity index (χ4n) is 2.63. The lowest BCUT2D eigenvalue weighted by Gasteiger charge is -2.14. The van der Waals surface area contributed by atoms with Gasteiger partial charge in [-0.1, -0.05) is 48.0 Å². The molecule has 108 valence electrons. The van der Waals surface area contributed by atoms with Crippen molar-refractivity contribution in [1.82, 2.24) is 10.3 Å². The molecule has 0 aliphatic carbocycles. The topological polar surface area (TPSA) is 27.8 Å². The van der Waals surface area contributed by atoms with Gasteiger partial charge in [0.25, 0.3) is 0 Å². The summed E-state index contributed by atoms with van der Waals surface area (Å²) >= 11 is 6.21. The van der Waals surface area contributed by atoms with Crippen molar-refractivity contribution in [3.63, 3.8) is 0 Å². The molecule has 0 saturated heterocycles. The molecular weight excluding hydrogens is 280 g/mol. The van der Waals surface area contributed by atoms with Crippen LogP contribution in [-0.4, -0.2) is 11.0 Å². The summed E-state index contributed by atoms with van der Waals surface area (Å²) in [5.41, 5.74) is 3.68. The molecule has 0 radical (unpaired) electrons. The molecule has 1 heterocycles. The molecule has 1 aromatic heterocycles. The van der Waals surface area contributed by atoms with Crippen LogP contribution in [0, 0.1) is 0 Å². The van der Waals surface area contributed by atoms with Crippen molar-refractivity contribution in [2.24, 2.45) is 0 Å². The first-order chi connectivity index (χ1) is 10.2. The van der Waals surface area contributed by atoms with Crippen LogP contribution in [0.1, 0.15) is 18.1 Å². The van der Waals surface area contributed by atoms with Crippen LogP contribution in [-0.2, 0) is 13.0 Å². The third-order valence-corrected chi connectivity index (χ3v) is 4.17. The summed E-state index contributed by atoms with van der Waals surface area (Å²) < 4.78 is 0. The molecule has 2 aromatic carbocycles. The average Bonchev–Trinajstić information content (AvgIpc) is 2.91. The minimum Gasteiger partial charge on any atom is -0.361 e. The average molecular weight is 299 g/mol. The lowest BCUT2D eigenvalue weighted by molar-refractivity contribution is 0.547. The van der Waals surface area contributed by atoms with Gasteiger partial charge in [-0.25, -0.2) is 0 Å². The summed E-state index contributed by atoms with van der Waals surface area (Å²) in [6.45, 7) is 3.05. The maximum atomic E-state index is 6.21. The number of aromatic nitrogens is 1. The van der Waals surface area contributed by atoms with Crippen molar-refractivity contribution in [3.05, 3.63) is 70.9 Å². The van der Waals surface area contributed by atoms with Crippen LogP contribution in [0.2, 0.25) is 5.02 Å². The summed E-state index contributed by atoms with van der Waals surface area (Å²) in [6, 6.07) is 16.8. The van der Waals surface area contributed by atoms with Crippen molar-refractivity contribution in [1.29, 1.82) is 0 Å². The van der Waals surface area contributed by atoms with Gasteiger partial charge in [0.05, 0.1) is 0 Å². The van der Waals surface area contributed by atoms with E-state index in [0.717, 1.165) is 18.0 Å². The zero-order valence-electron chi connectivity index (χ0n) is 12.1. The van der Waals surface area contributed by atoms with Crippen LogP contribution in [0.25, 0.3) is 10.9 Å². The Morgan fingerprint density at radius 3 is 2.67 bits per heavy atom. The van der Waals surface area contributed by atoms with Gasteiger partial charge in [0, 0.05) is 34.7 Å². The SMILES string of the molecule is CC(Cc1ccccc1Cl)NCc1c[nH]c2ccccc12. The van der Waals surface area contributed by atoms with E-state index in [9.17, 15) is 0 Å². The molecule has 1 unspecified atom stereocenters. The number of nitrogens with one attached hydrogen (secondary N) is 2. The first-order valence-corrected chi connectivity index (χ1v) is 7.63. The van der Waals surface area contributed by atoms with Crippen molar-refractivity contribution >= 4 is 22.5 Å². The second kappa shape index (κ2) is 6.33. The number of benzene rings is 2. The predicted molar refractivity (Wildman–Crippen MR) is 89.8 cm³/mol. The first kappa shape index (κ1) is 14.2. The second-order valence-corrected chi connectivity index (χ2v) is 5.84. The van der Waals surface area contributed by atoms with E-state index in [1.807, 2.05) is 18.2 Å². The van der Waals surface area contributed by atoms with Gasteiger partial charge in [-0.15, -0.1) is 0 Å². The number of fused-ring (bicyclic) bond motifs is 1. The van der Waals surface area contributed by atoms with Crippen LogP contribution in [0.4, 0.5) is 0 Å². The maximum Gasteiger partial charge on any atom is 0.0457 e. The Morgan fingerprint density at radius 1 is 1.05 bits per heavy atom. The van der Waals surface area contributed by atoms with Crippen LogP contribution in [0.15, 0.2) is 54.7 Å².